The van der Waals surface area contributed by atoms with Crippen LogP contribution in [0.2, 0.25) is 0 Å². The molecule has 0 aromatic rings. The molecule has 0 aromatic heterocycles. The second-order valence-corrected chi connectivity index (χ2v) is 3.70. The van der Waals surface area contributed by atoms with Crippen LogP contribution in [0.1, 0.15) is 33.1 Å². The van der Waals surface area contributed by atoms with Gasteiger partial charge >= 0.3 is 5.97 Å². The van der Waals surface area contributed by atoms with E-state index in [1.807, 2.05) is 13.8 Å². The number of carboxylic acid groups (broad SMARTS) is 1. The van der Waals surface area contributed by atoms with Gasteiger partial charge in [-0.1, -0.05) is 26.7 Å². The lowest BCUT2D eigenvalue weighted by molar-refractivity contribution is -0.143. The predicted molar refractivity (Wildman–Crippen MR) is 60.1 cm³/mol. The summed E-state index contributed by atoms with van der Waals surface area (Å²) in [5.74, 6) is -1.27. The smallest absolute Gasteiger partial charge is 0.326 e. The number of rotatable bonds is 8. The number of hydrogen-bond acceptors (Lipinski definition) is 3. The number of hydrogen-bond donors (Lipinski definition) is 2. The molecule has 0 bridgehead atoms. The van der Waals surface area contributed by atoms with Crippen molar-refractivity contribution in [2.75, 3.05) is 13.7 Å². The van der Waals surface area contributed by atoms with Crippen molar-refractivity contribution in [1.82, 2.24) is 5.32 Å². The molecule has 0 rings (SSSR count). The highest BCUT2D eigenvalue weighted by Crippen LogP contribution is 2.13. The number of amides is 1. The third-order valence-corrected chi connectivity index (χ3v) is 2.64. The summed E-state index contributed by atoms with van der Waals surface area (Å²) in [6, 6.07) is -0.792. The van der Waals surface area contributed by atoms with E-state index in [2.05, 4.69) is 5.32 Å². The number of nitrogens with one attached hydrogen (secondary N) is 1. The van der Waals surface area contributed by atoms with Gasteiger partial charge < -0.3 is 15.2 Å². The molecule has 0 aromatic carbocycles. The van der Waals surface area contributed by atoms with Crippen LogP contribution in [-0.4, -0.2) is 36.7 Å². The van der Waals surface area contributed by atoms with Crippen LogP contribution in [0.5, 0.6) is 0 Å². The SMILES string of the molecule is CCC(CC)C(NC(=O)CCOC)C(=O)O. The van der Waals surface area contributed by atoms with Gasteiger partial charge in [0, 0.05) is 13.5 Å². The first-order chi connectivity index (χ1) is 7.56. The Morgan fingerprint density at radius 1 is 1.31 bits per heavy atom. The summed E-state index contributed by atoms with van der Waals surface area (Å²) in [4.78, 5) is 22.4. The van der Waals surface area contributed by atoms with Crippen molar-refractivity contribution in [2.45, 2.75) is 39.2 Å². The van der Waals surface area contributed by atoms with Crippen LogP contribution in [0.25, 0.3) is 0 Å². The Morgan fingerprint density at radius 2 is 1.88 bits per heavy atom. The number of ether oxygens (including phenoxy) is 1. The largest absolute Gasteiger partial charge is 0.480 e. The molecule has 0 aliphatic heterocycles. The van der Waals surface area contributed by atoms with E-state index in [0.29, 0.717) is 6.61 Å². The fraction of sp³-hybridized carbons (Fsp3) is 0.818. The van der Waals surface area contributed by atoms with E-state index in [1.54, 1.807) is 0 Å². The van der Waals surface area contributed by atoms with Crippen molar-refractivity contribution in [2.24, 2.45) is 5.92 Å². The average molecular weight is 231 g/mol. The van der Waals surface area contributed by atoms with Crippen LogP contribution in [0.4, 0.5) is 0 Å². The van der Waals surface area contributed by atoms with E-state index in [0.717, 1.165) is 12.8 Å². The van der Waals surface area contributed by atoms with Gasteiger partial charge in [-0.15, -0.1) is 0 Å². The first-order valence-corrected chi connectivity index (χ1v) is 5.57. The van der Waals surface area contributed by atoms with Gasteiger partial charge in [-0.25, -0.2) is 4.79 Å². The number of aliphatic carboxylic acids is 1. The van der Waals surface area contributed by atoms with E-state index in [9.17, 15) is 9.59 Å². The van der Waals surface area contributed by atoms with Crippen LogP contribution >= 0.6 is 0 Å². The summed E-state index contributed by atoms with van der Waals surface area (Å²) in [5, 5.41) is 11.6. The quantitative estimate of drug-likeness (QED) is 0.654. The van der Waals surface area contributed by atoms with Crippen molar-refractivity contribution < 1.29 is 19.4 Å². The Balaban J connectivity index is 4.32. The lowest BCUT2D eigenvalue weighted by Gasteiger charge is -2.22. The zero-order valence-corrected chi connectivity index (χ0v) is 10.2. The van der Waals surface area contributed by atoms with E-state index < -0.39 is 12.0 Å². The molecule has 1 amide bonds. The summed E-state index contributed by atoms with van der Waals surface area (Å²) in [6.07, 6.45) is 1.66. The van der Waals surface area contributed by atoms with Crippen LogP contribution < -0.4 is 5.32 Å². The first-order valence-electron chi connectivity index (χ1n) is 5.57. The molecular weight excluding hydrogens is 210 g/mol. The van der Waals surface area contributed by atoms with Crippen molar-refractivity contribution in [1.29, 1.82) is 0 Å². The molecule has 0 heterocycles. The molecule has 5 heteroatoms. The Hall–Kier alpha value is -1.10. The molecule has 0 aliphatic carbocycles. The summed E-state index contributed by atoms with van der Waals surface area (Å²) in [5.41, 5.74) is 0. The predicted octanol–water partition coefficient (Wildman–Crippen LogP) is 1.03. The molecule has 16 heavy (non-hydrogen) atoms. The van der Waals surface area contributed by atoms with Crippen molar-refractivity contribution in [3.8, 4) is 0 Å². The summed E-state index contributed by atoms with van der Waals surface area (Å²) in [6.45, 7) is 4.15. The van der Waals surface area contributed by atoms with Gasteiger partial charge in [-0.3, -0.25) is 4.79 Å². The molecule has 2 N–H and O–H groups in total. The summed E-state index contributed by atoms with van der Waals surface area (Å²) < 4.78 is 4.76. The van der Waals surface area contributed by atoms with E-state index in [4.69, 9.17) is 9.84 Å². The minimum atomic E-state index is -0.973. The van der Waals surface area contributed by atoms with Crippen molar-refractivity contribution in [3.63, 3.8) is 0 Å². The molecule has 0 saturated heterocycles. The zero-order valence-electron chi connectivity index (χ0n) is 10.2. The molecule has 0 radical (unpaired) electrons. The van der Waals surface area contributed by atoms with Crippen LogP contribution in [0.3, 0.4) is 0 Å². The number of methoxy groups -OCH3 is 1. The lowest BCUT2D eigenvalue weighted by Crippen LogP contribution is -2.45. The van der Waals surface area contributed by atoms with Gasteiger partial charge in [-0.2, -0.15) is 0 Å². The van der Waals surface area contributed by atoms with Crippen molar-refractivity contribution >= 4 is 11.9 Å². The van der Waals surface area contributed by atoms with Gasteiger partial charge in [0.2, 0.25) is 5.91 Å². The van der Waals surface area contributed by atoms with Crippen LogP contribution in [-0.2, 0) is 14.3 Å². The van der Waals surface area contributed by atoms with Gasteiger partial charge in [0.1, 0.15) is 6.04 Å². The standard InChI is InChI=1S/C11H21NO4/c1-4-8(5-2)10(11(14)15)12-9(13)6-7-16-3/h8,10H,4-7H2,1-3H3,(H,12,13)(H,14,15). The van der Waals surface area contributed by atoms with Gasteiger partial charge in [0.15, 0.2) is 0 Å². The molecule has 1 unspecified atom stereocenters. The topological polar surface area (TPSA) is 75.6 Å². The fourth-order valence-corrected chi connectivity index (χ4v) is 1.58. The Kier molecular flexibility index (Phi) is 7.54. The minimum Gasteiger partial charge on any atom is -0.480 e. The maximum atomic E-state index is 11.4. The molecule has 0 spiro atoms. The third-order valence-electron chi connectivity index (χ3n) is 2.64. The van der Waals surface area contributed by atoms with E-state index in [-0.39, 0.29) is 18.2 Å². The Bertz CT molecular complexity index is 226. The number of carboxylic acids is 1. The highest BCUT2D eigenvalue weighted by atomic mass is 16.5. The summed E-state index contributed by atoms with van der Waals surface area (Å²) >= 11 is 0. The van der Waals surface area contributed by atoms with Gasteiger partial charge in [-0.05, 0) is 5.92 Å². The maximum Gasteiger partial charge on any atom is 0.326 e. The Morgan fingerprint density at radius 3 is 2.25 bits per heavy atom. The second kappa shape index (κ2) is 8.10. The molecule has 94 valence electrons. The zero-order chi connectivity index (χ0) is 12.6. The van der Waals surface area contributed by atoms with Gasteiger partial charge in [0.05, 0.1) is 6.61 Å². The number of carbonyl (C=O) groups is 2. The Labute approximate surface area is 96.2 Å². The molecule has 0 saturated carbocycles. The lowest BCUT2D eigenvalue weighted by atomic mass is 9.94. The third kappa shape index (κ3) is 5.11. The maximum absolute atomic E-state index is 11.4. The second-order valence-electron chi connectivity index (χ2n) is 3.70. The van der Waals surface area contributed by atoms with E-state index in [1.165, 1.54) is 7.11 Å². The molecule has 0 aliphatic rings. The average Bonchev–Trinajstić information content (AvgIpc) is 2.26. The highest BCUT2D eigenvalue weighted by molar-refractivity contribution is 5.83. The van der Waals surface area contributed by atoms with E-state index >= 15 is 0 Å². The number of carbonyl (C=O) groups excluding carboxylic acids is 1. The molecule has 0 fully saturated rings. The van der Waals surface area contributed by atoms with Gasteiger partial charge in [0.25, 0.3) is 0 Å². The monoisotopic (exact) mass is 231 g/mol. The normalized spacial score (nSPS) is 12.5. The molecular formula is C11H21NO4. The molecule has 1 atom stereocenters. The fourth-order valence-electron chi connectivity index (χ4n) is 1.58. The summed E-state index contributed by atoms with van der Waals surface area (Å²) in [7, 11) is 1.50. The molecule has 5 nitrogen and oxygen atoms in total. The van der Waals surface area contributed by atoms with Crippen molar-refractivity contribution in [3.05, 3.63) is 0 Å². The first kappa shape index (κ1) is 14.9. The van der Waals surface area contributed by atoms with Crippen LogP contribution in [0.15, 0.2) is 0 Å². The van der Waals surface area contributed by atoms with Crippen LogP contribution in [0, 0.1) is 5.92 Å². The minimum absolute atomic E-state index is 0.0241. The highest BCUT2D eigenvalue weighted by Gasteiger charge is 2.26.